The molecule has 2 aliphatic rings. The predicted octanol–water partition coefficient (Wildman–Crippen LogP) is 1.15. The third kappa shape index (κ3) is 5.00. The van der Waals surface area contributed by atoms with Crippen molar-refractivity contribution in [2.45, 2.75) is 33.2 Å². The van der Waals surface area contributed by atoms with E-state index in [2.05, 4.69) is 26.7 Å². The molecule has 1 N–H and O–H groups in total. The van der Waals surface area contributed by atoms with E-state index in [1.807, 2.05) is 16.7 Å². The summed E-state index contributed by atoms with van der Waals surface area (Å²) < 4.78 is 0. The van der Waals surface area contributed by atoms with Gasteiger partial charge in [0.15, 0.2) is 5.96 Å². The highest BCUT2D eigenvalue weighted by Crippen LogP contribution is 2.24. The smallest absolute Gasteiger partial charge is 0.224 e. The molecule has 2 amide bonds. The summed E-state index contributed by atoms with van der Waals surface area (Å²) >= 11 is 1.79. The van der Waals surface area contributed by atoms with E-state index in [1.54, 1.807) is 18.3 Å². The van der Waals surface area contributed by atoms with E-state index in [1.165, 1.54) is 10.4 Å². The first-order chi connectivity index (χ1) is 13.1. The lowest BCUT2D eigenvalue weighted by atomic mass is 10.1. The second-order valence-electron chi connectivity index (χ2n) is 6.91. The van der Waals surface area contributed by atoms with E-state index in [0.29, 0.717) is 13.0 Å². The number of nitrogens with one attached hydrogen (secondary N) is 1. The number of piperazine rings is 1. The van der Waals surface area contributed by atoms with Crippen molar-refractivity contribution in [1.29, 1.82) is 0 Å². The lowest BCUT2D eigenvalue weighted by molar-refractivity contribution is -0.132. The Morgan fingerprint density at radius 2 is 1.89 bits per heavy atom. The number of carbonyl (C=O) groups is 2. The van der Waals surface area contributed by atoms with Crippen molar-refractivity contribution in [3.63, 3.8) is 0 Å². The second kappa shape index (κ2) is 9.21. The summed E-state index contributed by atoms with van der Waals surface area (Å²) in [5.74, 6) is 1.14. The fourth-order valence-corrected chi connectivity index (χ4v) is 4.43. The third-order valence-electron chi connectivity index (χ3n) is 5.11. The number of guanidine groups is 1. The zero-order chi connectivity index (χ0) is 19.2. The highest BCUT2D eigenvalue weighted by molar-refractivity contribution is 7.10. The van der Waals surface area contributed by atoms with Gasteiger partial charge in [-0.05, 0) is 30.4 Å². The van der Waals surface area contributed by atoms with Crippen LogP contribution in [0.5, 0.6) is 0 Å². The quantitative estimate of drug-likeness (QED) is 0.618. The first-order valence-electron chi connectivity index (χ1n) is 9.70. The van der Waals surface area contributed by atoms with Crippen molar-refractivity contribution in [3.8, 4) is 0 Å². The normalized spacial score (nSPS) is 17.7. The van der Waals surface area contributed by atoms with Gasteiger partial charge in [0, 0.05) is 64.0 Å². The molecule has 0 bridgehead atoms. The SMILES string of the molecule is CCNC(=NCCC(=O)N1CCc2sccc2C1)N1CCN(C(C)=O)CC1. The van der Waals surface area contributed by atoms with Crippen LogP contribution in [-0.2, 0) is 22.6 Å². The van der Waals surface area contributed by atoms with Crippen molar-refractivity contribution in [2.24, 2.45) is 4.99 Å². The minimum absolute atomic E-state index is 0.123. The Kier molecular flexibility index (Phi) is 6.71. The molecule has 0 spiro atoms. The van der Waals surface area contributed by atoms with Crippen molar-refractivity contribution < 1.29 is 9.59 Å². The van der Waals surface area contributed by atoms with Crippen LogP contribution in [0.15, 0.2) is 16.4 Å². The predicted molar refractivity (Wildman–Crippen MR) is 108 cm³/mol. The molecule has 1 fully saturated rings. The molecule has 1 aromatic rings. The molecule has 148 valence electrons. The largest absolute Gasteiger partial charge is 0.357 e. The summed E-state index contributed by atoms with van der Waals surface area (Å²) in [6.45, 7) is 9.44. The summed E-state index contributed by atoms with van der Waals surface area (Å²) in [4.78, 5) is 36.1. The highest BCUT2D eigenvalue weighted by Gasteiger charge is 2.22. The molecule has 0 aromatic carbocycles. The summed E-state index contributed by atoms with van der Waals surface area (Å²) in [5.41, 5.74) is 1.29. The van der Waals surface area contributed by atoms with Crippen LogP contribution in [0.1, 0.15) is 30.7 Å². The second-order valence-corrected chi connectivity index (χ2v) is 7.91. The Morgan fingerprint density at radius 3 is 2.59 bits per heavy atom. The van der Waals surface area contributed by atoms with Crippen LogP contribution in [-0.4, -0.2) is 78.3 Å². The number of amides is 2. The number of fused-ring (bicyclic) bond motifs is 1. The first kappa shape index (κ1) is 19.7. The third-order valence-corrected chi connectivity index (χ3v) is 6.13. The molecule has 1 aromatic heterocycles. The van der Waals surface area contributed by atoms with Crippen LogP contribution in [0.3, 0.4) is 0 Å². The van der Waals surface area contributed by atoms with Crippen molar-refractivity contribution in [3.05, 3.63) is 21.9 Å². The van der Waals surface area contributed by atoms with Crippen LogP contribution >= 0.6 is 11.3 Å². The van der Waals surface area contributed by atoms with E-state index in [4.69, 9.17) is 0 Å². The number of hydrogen-bond acceptors (Lipinski definition) is 4. The van der Waals surface area contributed by atoms with E-state index in [-0.39, 0.29) is 11.8 Å². The maximum absolute atomic E-state index is 12.5. The maximum atomic E-state index is 12.5. The number of carbonyl (C=O) groups excluding carboxylic acids is 2. The number of hydrogen-bond donors (Lipinski definition) is 1. The molecule has 0 aliphatic carbocycles. The molecule has 7 nitrogen and oxygen atoms in total. The molecular weight excluding hydrogens is 362 g/mol. The molecule has 0 unspecified atom stereocenters. The Hall–Kier alpha value is -2.09. The zero-order valence-electron chi connectivity index (χ0n) is 16.2. The van der Waals surface area contributed by atoms with Gasteiger partial charge in [-0.3, -0.25) is 14.6 Å². The average Bonchev–Trinajstić information content (AvgIpc) is 3.15. The molecule has 3 rings (SSSR count). The van der Waals surface area contributed by atoms with E-state index < -0.39 is 0 Å². The first-order valence-corrected chi connectivity index (χ1v) is 10.6. The van der Waals surface area contributed by atoms with Gasteiger partial charge in [-0.1, -0.05) is 0 Å². The van der Waals surface area contributed by atoms with Crippen LogP contribution < -0.4 is 5.32 Å². The summed E-state index contributed by atoms with van der Waals surface area (Å²) in [5, 5.41) is 5.42. The molecular formula is C19H29N5O2S. The van der Waals surface area contributed by atoms with Gasteiger partial charge in [-0.15, -0.1) is 11.3 Å². The van der Waals surface area contributed by atoms with E-state index in [0.717, 1.165) is 58.2 Å². The minimum Gasteiger partial charge on any atom is -0.357 e. The van der Waals surface area contributed by atoms with E-state index >= 15 is 0 Å². The van der Waals surface area contributed by atoms with Crippen molar-refractivity contribution in [2.75, 3.05) is 45.8 Å². The Morgan fingerprint density at radius 1 is 1.15 bits per heavy atom. The molecule has 0 atom stereocenters. The van der Waals surface area contributed by atoms with Crippen LogP contribution in [0.25, 0.3) is 0 Å². The maximum Gasteiger partial charge on any atom is 0.224 e. The number of thiophene rings is 1. The number of nitrogens with zero attached hydrogens (tertiary/aromatic N) is 4. The Bertz CT molecular complexity index is 694. The fraction of sp³-hybridized carbons (Fsp3) is 0.632. The average molecular weight is 392 g/mol. The lowest BCUT2D eigenvalue weighted by Crippen LogP contribution is -2.53. The summed E-state index contributed by atoms with van der Waals surface area (Å²) in [6, 6.07) is 2.13. The molecule has 2 aliphatic heterocycles. The Labute approximate surface area is 165 Å². The van der Waals surface area contributed by atoms with Crippen molar-refractivity contribution >= 4 is 29.1 Å². The van der Waals surface area contributed by atoms with Gasteiger partial charge in [0.05, 0.1) is 6.54 Å². The molecule has 0 radical (unpaired) electrons. The van der Waals surface area contributed by atoms with Crippen LogP contribution in [0, 0.1) is 0 Å². The van der Waals surface area contributed by atoms with E-state index in [9.17, 15) is 9.59 Å². The summed E-state index contributed by atoms with van der Waals surface area (Å²) in [6.07, 6.45) is 1.40. The van der Waals surface area contributed by atoms with Gasteiger partial charge < -0.3 is 20.0 Å². The summed E-state index contributed by atoms with van der Waals surface area (Å²) in [7, 11) is 0. The van der Waals surface area contributed by atoms with Gasteiger partial charge in [-0.2, -0.15) is 0 Å². The topological polar surface area (TPSA) is 68.2 Å². The molecule has 1 saturated heterocycles. The minimum atomic E-state index is 0.123. The number of rotatable bonds is 4. The monoisotopic (exact) mass is 391 g/mol. The van der Waals surface area contributed by atoms with Crippen LogP contribution in [0.4, 0.5) is 0 Å². The van der Waals surface area contributed by atoms with Crippen LogP contribution in [0.2, 0.25) is 0 Å². The van der Waals surface area contributed by atoms with Crippen molar-refractivity contribution in [1.82, 2.24) is 20.0 Å². The zero-order valence-corrected chi connectivity index (χ0v) is 17.1. The van der Waals surface area contributed by atoms with Gasteiger partial charge in [0.1, 0.15) is 0 Å². The van der Waals surface area contributed by atoms with Gasteiger partial charge in [0.25, 0.3) is 0 Å². The highest BCUT2D eigenvalue weighted by atomic mass is 32.1. The molecule has 0 saturated carbocycles. The Balaban J connectivity index is 1.50. The van der Waals surface area contributed by atoms with Gasteiger partial charge >= 0.3 is 0 Å². The molecule has 8 heteroatoms. The van der Waals surface area contributed by atoms with Gasteiger partial charge in [0.2, 0.25) is 11.8 Å². The lowest BCUT2D eigenvalue weighted by Gasteiger charge is -2.36. The van der Waals surface area contributed by atoms with Gasteiger partial charge in [-0.25, -0.2) is 0 Å². The number of aliphatic imine (C=N–C) groups is 1. The molecule has 27 heavy (non-hydrogen) atoms. The fourth-order valence-electron chi connectivity index (χ4n) is 3.54. The standard InChI is InChI=1S/C19H29N5O2S/c1-3-20-19(23-11-9-22(10-12-23)15(2)25)21-7-4-18(26)24-8-5-17-16(14-24)6-13-27-17/h6,13H,3-5,7-12,14H2,1-2H3,(H,20,21). The molecule has 3 heterocycles.